The lowest BCUT2D eigenvalue weighted by Gasteiger charge is -2.31. The topological polar surface area (TPSA) is 90.1 Å². The summed E-state index contributed by atoms with van der Waals surface area (Å²) < 4.78 is 0. The number of aliphatic hydroxyl groups is 1. The van der Waals surface area contributed by atoms with E-state index >= 15 is 0 Å². The van der Waals surface area contributed by atoms with Crippen LogP contribution in [-0.2, 0) is 19.5 Å². The Morgan fingerprint density at radius 1 is 0.967 bits per heavy atom. The summed E-state index contributed by atoms with van der Waals surface area (Å²) in [7, 11) is 0. The molecule has 0 bridgehead atoms. The van der Waals surface area contributed by atoms with Crippen LogP contribution < -0.4 is 5.73 Å². The molecule has 3 N–H and O–H groups in total. The fourth-order valence-corrected chi connectivity index (χ4v) is 4.26. The number of benzene rings is 2. The molecule has 2 aliphatic heterocycles. The second-order valence-corrected chi connectivity index (χ2v) is 8.12. The molecule has 0 aromatic heterocycles. The highest BCUT2D eigenvalue weighted by Crippen LogP contribution is 2.19. The number of aliphatic hydroxyl groups excluding tert-OH is 1. The van der Waals surface area contributed by atoms with Gasteiger partial charge in [-0.15, -0.1) is 0 Å². The predicted molar refractivity (Wildman–Crippen MR) is 114 cm³/mol. The quantitative estimate of drug-likeness (QED) is 0.726. The molecule has 0 spiro atoms. The Labute approximate surface area is 176 Å². The number of nitrogens with zero attached hydrogens (tertiary/aromatic N) is 3. The number of urea groups is 1. The van der Waals surface area contributed by atoms with Gasteiger partial charge in [0.1, 0.15) is 0 Å². The molecule has 1 fully saturated rings. The van der Waals surface area contributed by atoms with Crippen LogP contribution >= 0.6 is 0 Å². The van der Waals surface area contributed by atoms with Crippen LogP contribution in [0.2, 0.25) is 0 Å². The molecule has 30 heavy (non-hydrogen) atoms. The summed E-state index contributed by atoms with van der Waals surface area (Å²) in [6.07, 6.45) is 0.419. The second-order valence-electron chi connectivity index (χ2n) is 8.12. The number of carbonyl (C=O) groups is 2. The number of hydrogen-bond donors (Lipinski definition) is 2. The van der Waals surface area contributed by atoms with Crippen LogP contribution in [0.25, 0.3) is 0 Å². The van der Waals surface area contributed by atoms with E-state index in [1.165, 1.54) is 11.1 Å². The van der Waals surface area contributed by atoms with E-state index in [0.29, 0.717) is 38.3 Å². The first kappa shape index (κ1) is 20.4. The maximum absolute atomic E-state index is 12.7. The van der Waals surface area contributed by atoms with Crippen molar-refractivity contribution in [3.63, 3.8) is 0 Å². The van der Waals surface area contributed by atoms with E-state index in [1.54, 1.807) is 21.9 Å². The summed E-state index contributed by atoms with van der Waals surface area (Å²) in [6, 6.07) is 15.4. The molecular weight excluding hydrogens is 380 g/mol. The first-order valence-electron chi connectivity index (χ1n) is 10.4. The van der Waals surface area contributed by atoms with Crippen molar-refractivity contribution in [1.82, 2.24) is 14.7 Å². The van der Waals surface area contributed by atoms with Crippen LogP contribution in [0.4, 0.5) is 4.79 Å². The fourth-order valence-electron chi connectivity index (χ4n) is 4.26. The Morgan fingerprint density at radius 2 is 1.67 bits per heavy atom. The molecule has 2 aromatic rings. The highest BCUT2D eigenvalue weighted by molar-refractivity contribution is 5.92. The Hall–Kier alpha value is -2.90. The van der Waals surface area contributed by atoms with Crippen LogP contribution in [0, 0.1) is 0 Å². The third kappa shape index (κ3) is 4.63. The number of nitrogens with two attached hydrogens (primary N) is 1. The van der Waals surface area contributed by atoms with Gasteiger partial charge in [0.25, 0.3) is 0 Å². The van der Waals surface area contributed by atoms with Crippen LogP contribution in [0.1, 0.15) is 27.0 Å². The van der Waals surface area contributed by atoms with E-state index in [-0.39, 0.29) is 6.03 Å². The average molecular weight is 409 g/mol. The molecule has 1 unspecified atom stereocenters. The van der Waals surface area contributed by atoms with Crippen molar-refractivity contribution in [2.75, 3.05) is 32.7 Å². The maximum atomic E-state index is 12.7. The highest BCUT2D eigenvalue weighted by atomic mass is 16.3. The minimum absolute atomic E-state index is 0.0583. The average Bonchev–Trinajstić information content (AvgIpc) is 3.07. The van der Waals surface area contributed by atoms with Crippen LogP contribution in [0.15, 0.2) is 48.5 Å². The molecule has 7 heteroatoms. The molecule has 2 heterocycles. The van der Waals surface area contributed by atoms with Crippen LogP contribution in [-0.4, -0.2) is 70.6 Å². The summed E-state index contributed by atoms with van der Waals surface area (Å²) in [6.45, 7) is 4.39. The molecule has 3 amide bonds. The lowest BCUT2D eigenvalue weighted by atomic mass is 10.00. The fraction of sp³-hybridized carbons (Fsp3) is 0.391. The van der Waals surface area contributed by atoms with E-state index in [2.05, 4.69) is 29.2 Å². The minimum atomic E-state index is -0.575. The van der Waals surface area contributed by atoms with Crippen molar-refractivity contribution in [3.05, 3.63) is 70.8 Å². The van der Waals surface area contributed by atoms with E-state index < -0.39 is 12.0 Å². The Morgan fingerprint density at radius 3 is 2.40 bits per heavy atom. The Bertz CT molecular complexity index is 915. The summed E-state index contributed by atoms with van der Waals surface area (Å²) in [5.41, 5.74) is 9.38. The van der Waals surface area contributed by atoms with Gasteiger partial charge in [-0.05, 0) is 35.2 Å². The molecule has 7 nitrogen and oxygen atoms in total. The van der Waals surface area contributed by atoms with Gasteiger partial charge >= 0.3 is 6.03 Å². The lowest BCUT2D eigenvalue weighted by Crippen LogP contribution is -2.43. The standard InChI is InChI=1S/C23H28N4O3/c24-22(29)19-7-5-17(6-8-19)13-26-11-12-27(23(26)30)16-21(28)15-25-10-9-18-3-1-2-4-20(18)14-25/h1-8,21,28H,9-16H2,(H2,24,29). The Balaban J connectivity index is 1.27. The molecule has 0 radical (unpaired) electrons. The number of carbonyl (C=O) groups excluding carboxylic acids is 2. The minimum Gasteiger partial charge on any atom is -0.390 e. The van der Waals surface area contributed by atoms with Gasteiger partial charge in [0, 0.05) is 51.4 Å². The monoisotopic (exact) mass is 408 g/mol. The third-order valence-electron chi connectivity index (χ3n) is 5.90. The molecule has 0 saturated carbocycles. The van der Waals surface area contributed by atoms with Crippen molar-refractivity contribution >= 4 is 11.9 Å². The van der Waals surface area contributed by atoms with Crippen LogP contribution in [0.5, 0.6) is 0 Å². The third-order valence-corrected chi connectivity index (χ3v) is 5.90. The molecule has 1 saturated heterocycles. The second kappa shape index (κ2) is 8.85. The van der Waals surface area contributed by atoms with E-state index in [4.69, 9.17) is 5.73 Å². The number of rotatable bonds is 7. The zero-order chi connectivity index (χ0) is 21.1. The van der Waals surface area contributed by atoms with Gasteiger partial charge in [0.15, 0.2) is 0 Å². The zero-order valence-corrected chi connectivity index (χ0v) is 17.0. The van der Waals surface area contributed by atoms with E-state index in [1.807, 2.05) is 12.1 Å². The van der Waals surface area contributed by atoms with Gasteiger partial charge in [0.2, 0.25) is 5.91 Å². The number of fused-ring (bicyclic) bond motifs is 1. The zero-order valence-electron chi connectivity index (χ0n) is 17.0. The molecule has 1 atom stereocenters. The first-order valence-corrected chi connectivity index (χ1v) is 10.4. The summed E-state index contributed by atoms with van der Waals surface area (Å²) in [4.78, 5) is 29.7. The number of β-amino-alcohol motifs (C(OH)–C–C–N with tert-alkyl or cyclic N) is 1. The smallest absolute Gasteiger partial charge is 0.320 e. The predicted octanol–water partition coefficient (Wildman–Crippen LogP) is 1.44. The van der Waals surface area contributed by atoms with Crippen molar-refractivity contribution in [2.24, 2.45) is 5.73 Å². The van der Waals surface area contributed by atoms with Gasteiger partial charge in [-0.25, -0.2) is 4.79 Å². The summed E-state index contributed by atoms with van der Waals surface area (Å²) >= 11 is 0. The van der Waals surface area contributed by atoms with E-state index in [0.717, 1.165) is 25.1 Å². The van der Waals surface area contributed by atoms with Crippen molar-refractivity contribution in [1.29, 1.82) is 0 Å². The molecule has 0 aliphatic carbocycles. The summed E-state index contributed by atoms with van der Waals surface area (Å²) in [5, 5.41) is 10.6. The van der Waals surface area contributed by atoms with Gasteiger partial charge in [-0.1, -0.05) is 36.4 Å². The number of primary amides is 1. The molecule has 158 valence electrons. The van der Waals surface area contributed by atoms with Gasteiger partial charge in [0.05, 0.1) is 6.10 Å². The largest absolute Gasteiger partial charge is 0.390 e. The van der Waals surface area contributed by atoms with Crippen molar-refractivity contribution in [3.8, 4) is 0 Å². The number of amides is 3. The van der Waals surface area contributed by atoms with Crippen molar-refractivity contribution in [2.45, 2.75) is 25.6 Å². The molecule has 2 aromatic carbocycles. The van der Waals surface area contributed by atoms with Gasteiger partial charge < -0.3 is 20.6 Å². The highest BCUT2D eigenvalue weighted by Gasteiger charge is 2.30. The molecule has 2 aliphatic rings. The normalized spacial score (nSPS) is 17.8. The first-order chi connectivity index (χ1) is 14.5. The van der Waals surface area contributed by atoms with Gasteiger partial charge in [-0.2, -0.15) is 0 Å². The van der Waals surface area contributed by atoms with Crippen LogP contribution in [0.3, 0.4) is 0 Å². The van der Waals surface area contributed by atoms with Gasteiger partial charge in [-0.3, -0.25) is 9.69 Å². The Kier molecular flexibility index (Phi) is 6.01. The number of hydrogen-bond acceptors (Lipinski definition) is 4. The SMILES string of the molecule is NC(=O)c1ccc(CN2CCN(CC(O)CN3CCc4ccccc4C3)C2=O)cc1. The van der Waals surface area contributed by atoms with E-state index in [9.17, 15) is 14.7 Å². The lowest BCUT2D eigenvalue weighted by molar-refractivity contribution is 0.0812. The summed E-state index contributed by atoms with van der Waals surface area (Å²) in [5.74, 6) is -0.462. The molecular formula is C23H28N4O3. The maximum Gasteiger partial charge on any atom is 0.320 e. The molecule has 4 rings (SSSR count). The van der Waals surface area contributed by atoms with Crippen molar-refractivity contribution < 1.29 is 14.7 Å².